The van der Waals surface area contributed by atoms with Crippen molar-refractivity contribution in [3.8, 4) is 17.7 Å². The third-order valence-electron chi connectivity index (χ3n) is 2.83. The summed E-state index contributed by atoms with van der Waals surface area (Å²) < 4.78 is 15.5. The zero-order valence-corrected chi connectivity index (χ0v) is 14.1. The predicted molar refractivity (Wildman–Crippen MR) is 89.7 cm³/mol. The van der Waals surface area contributed by atoms with E-state index in [2.05, 4.69) is 15.3 Å². The SMILES string of the molecule is COCCOc1ccc(OCC(=O)Nc2ccc(Cl)cn2)c(C#N)n1. The van der Waals surface area contributed by atoms with E-state index in [0.29, 0.717) is 24.1 Å². The number of hydrogen-bond acceptors (Lipinski definition) is 7. The van der Waals surface area contributed by atoms with E-state index in [4.69, 9.17) is 31.1 Å². The van der Waals surface area contributed by atoms with Gasteiger partial charge in [0.25, 0.3) is 5.91 Å². The standard InChI is InChI=1S/C16H15ClN4O4/c1-23-6-7-24-16-5-3-13(12(8-18)20-16)25-10-15(22)21-14-4-2-11(17)9-19-14/h2-5,9H,6-7,10H2,1H3,(H,19,21,22). The Kier molecular flexibility index (Phi) is 6.95. The molecule has 1 amide bonds. The van der Waals surface area contributed by atoms with Gasteiger partial charge in [-0.15, -0.1) is 0 Å². The Morgan fingerprint density at radius 2 is 2.12 bits per heavy atom. The molecule has 9 heteroatoms. The smallest absolute Gasteiger partial charge is 0.263 e. The molecule has 0 bridgehead atoms. The molecule has 0 saturated heterocycles. The van der Waals surface area contributed by atoms with E-state index < -0.39 is 5.91 Å². The van der Waals surface area contributed by atoms with Crippen LogP contribution >= 0.6 is 11.6 Å². The number of rotatable bonds is 8. The molecule has 2 aromatic rings. The number of halogens is 1. The number of pyridine rings is 2. The van der Waals surface area contributed by atoms with E-state index in [-0.39, 0.29) is 23.9 Å². The normalized spacial score (nSPS) is 9.96. The third kappa shape index (κ3) is 5.91. The van der Waals surface area contributed by atoms with Crippen LogP contribution in [0.1, 0.15) is 5.69 Å². The van der Waals surface area contributed by atoms with Crippen molar-refractivity contribution in [2.45, 2.75) is 0 Å². The Morgan fingerprint density at radius 1 is 1.28 bits per heavy atom. The summed E-state index contributed by atoms with van der Waals surface area (Å²) in [6.45, 7) is 0.413. The molecule has 0 aliphatic carbocycles. The summed E-state index contributed by atoms with van der Waals surface area (Å²) in [6, 6.07) is 8.13. The molecule has 0 aromatic carbocycles. The van der Waals surface area contributed by atoms with Gasteiger partial charge in [-0.25, -0.2) is 4.98 Å². The predicted octanol–water partition coefficient (Wildman–Crippen LogP) is 2.04. The monoisotopic (exact) mass is 362 g/mol. The molecule has 2 heterocycles. The summed E-state index contributed by atoms with van der Waals surface area (Å²) in [4.78, 5) is 19.8. The average molecular weight is 363 g/mol. The summed E-state index contributed by atoms with van der Waals surface area (Å²) in [5.41, 5.74) is 0.0207. The molecule has 2 rings (SSSR count). The van der Waals surface area contributed by atoms with Crippen molar-refractivity contribution < 1.29 is 19.0 Å². The molecular formula is C16H15ClN4O4. The van der Waals surface area contributed by atoms with E-state index in [1.807, 2.05) is 6.07 Å². The highest BCUT2D eigenvalue weighted by atomic mass is 35.5. The number of nitrogens with zero attached hydrogens (tertiary/aromatic N) is 3. The number of hydrogen-bond donors (Lipinski definition) is 1. The minimum atomic E-state index is -0.431. The first kappa shape index (κ1) is 18.4. The maximum Gasteiger partial charge on any atom is 0.263 e. The van der Waals surface area contributed by atoms with Crippen molar-refractivity contribution in [3.05, 3.63) is 41.2 Å². The highest BCUT2D eigenvalue weighted by Gasteiger charge is 2.10. The highest BCUT2D eigenvalue weighted by molar-refractivity contribution is 6.30. The molecule has 0 saturated carbocycles. The summed E-state index contributed by atoms with van der Waals surface area (Å²) >= 11 is 5.72. The quantitative estimate of drug-likeness (QED) is 0.716. The fraction of sp³-hybridized carbons (Fsp3) is 0.250. The molecule has 0 unspecified atom stereocenters. The third-order valence-corrected chi connectivity index (χ3v) is 3.05. The number of aromatic nitrogens is 2. The van der Waals surface area contributed by atoms with Crippen molar-refractivity contribution in [2.75, 3.05) is 32.2 Å². The van der Waals surface area contributed by atoms with Gasteiger partial charge in [-0.05, 0) is 18.2 Å². The summed E-state index contributed by atoms with van der Waals surface area (Å²) in [5.74, 6) is 0.370. The lowest BCUT2D eigenvalue weighted by Crippen LogP contribution is -2.21. The van der Waals surface area contributed by atoms with E-state index >= 15 is 0 Å². The lowest BCUT2D eigenvalue weighted by molar-refractivity contribution is -0.118. The lowest BCUT2D eigenvalue weighted by Gasteiger charge is -2.09. The summed E-state index contributed by atoms with van der Waals surface area (Å²) in [5, 5.41) is 12.2. The molecule has 25 heavy (non-hydrogen) atoms. The zero-order chi connectivity index (χ0) is 18.1. The van der Waals surface area contributed by atoms with Crippen LogP contribution in [0.15, 0.2) is 30.5 Å². The van der Waals surface area contributed by atoms with Gasteiger partial charge in [0.1, 0.15) is 18.5 Å². The number of carbonyl (C=O) groups excluding carboxylic acids is 1. The number of ether oxygens (including phenoxy) is 3. The largest absolute Gasteiger partial charge is 0.481 e. The van der Waals surface area contributed by atoms with Gasteiger partial charge in [0.15, 0.2) is 18.1 Å². The van der Waals surface area contributed by atoms with Crippen LogP contribution in [0.3, 0.4) is 0 Å². The van der Waals surface area contributed by atoms with Crippen LogP contribution in [0.2, 0.25) is 5.02 Å². The Hall–Kier alpha value is -2.89. The second kappa shape index (κ2) is 9.42. The molecule has 2 aromatic heterocycles. The molecule has 0 atom stereocenters. The molecule has 1 N–H and O–H groups in total. The first-order valence-corrected chi connectivity index (χ1v) is 7.57. The van der Waals surface area contributed by atoms with Gasteiger partial charge in [-0.1, -0.05) is 11.6 Å². The van der Waals surface area contributed by atoms with Crippen LogP contribution < -0.4 is 14.8 Å². The van der Waals surface area contributed by atoms with Crippen LogP contribution in [0, 0.1) is 11.3 Å². The van der Waals surface area contributed by atoms with Crippen LogP contribution in [-0.4, -0.2) is 42.8 Å². The number of amides is 1. The maximum absolute atomic E-state index is 11.9. The Bertz CT molecular complexity index is 762. The van der Waals surface area contributed by atoms with Gasteiger partial charge in [0.2, 0.25) is 5.88 Å². The van der Waals surface area contributed by atoms with Crippen LogP contribution in [0.25, 0.3) is 0 Å². The van der Waals surface area contributed by atoms with Crippen molar-refractivity contribution >= 4 is 23.3 Å². The summed E-state index contributed by atoms with van der Waals surface area (Å²) in [7, 11) is 1.55. The van der Waals surface area contributed by atoms with E-state index in [1.165, 1.54) is 12.3 Å². The van der Waals surface area contributed by atoms with Gasteiger partial charge in [-0.2, -0.15) is 10.2 Å². The number of carbonyl (C=O) groups is 1. The van der Waals surface area contributed by atoms with Gasteiger partial charge >= 0.3 is 0 Å². The Balaban J connectivity index is 1.92. The number of nitrogens with one attached hydrogen (secondary N) is 1. The molecule has 0 aliphatic rings. The average Bonchev–Trinajstić information content (AvgIpc) is 2.62. The molecular weight excluding hydrogens is 348 g/mol. The molecule has 130 valence electrons. The minimum absolute atomic E-state index is 0.0207. The summed E-state index contributed by atoms with van der Waals surface area (Å²) in [6.07, 6.45) is 1.41. The van der Waals surface area contributed by atoms with Gasteiger partial charge in [-0.3, -0.25) is 4.79 Å². The van der Waals surface area contributed by atoms with Crippen molar-refractivity contribution in [3.63, 3.8) is 0 Å². The molecule has 0 radical (unpaired) electrons. The van der Waals surface area contributed by atoms with Gasteiger partial charge < -0.3 is 19.5 Å². The number of methoxy groups -OCH3 is 1. The zero-order valence-electron chi connectivity index (χ0n) is 13.4. The molecule has 0 aliphatic heterocycles. The first-order valence-electron chi connectivity index (χ1n) is 7.19. The van der Waals surface area contributed by atoms with Crippen molar-refractivity contribution in [1.82, 2.24) is 9.97 Å². The van der Waals surface area contributed by atoms with Crippen LogP contribution in [-0.2, 0) is 9.53 Å². The van der Waals surface area contributed by atoms with Crippen LogP contribution in [0.4, 0.5) is 5.82 Å². The Morgan fingerprint density at radius 3 is 2.80 bits per heavy atom. The minimum Gasteiger partial charge on any atom is -0.481 e. The molecule has 8 nitrogen and oxygen atoms in total. The topological polar surface area (TPSA) is 106 Å². The fourth-order valence-electron chi connectivity index (χ4n) is 1.71. The number of nitriles is 1. The lowest BCUT2D eigenvalue weighted by atomic mass is 10.3. The second-order valence-corrected chi connectivity index (χ2v) is 5.08. The van der Waals surface area contributed by atoms with E-state index in [0.717, 1.165) is 0 Å². The molecule has 0 fully saturated rings. The van der Waals surface area contributed by atoms with Gasteiger partial charge in [0.05, 0.1) is 11.6 Å². The second-order valence-electron chi connectivity index (χ2n) is 4.65. The van der Waals surface area contributed by atoms with Crippen LogP contribution in [0.5, 0.6) is 11.6 Å². The molecule has 0 spiro atoms. The number of anilines is 1. The first-order chi connectivity index (χ1) is 12.1. The maximum atomic E-state index is 11.9. The highest BCUT2D eigenvalue weighted by Crippen LogP contribution is 2.20. The van der Waals surface area contributed by atoms with Crippen molar-refractivity contribution in [2.24, 2.45) is 0 Å². The van der Waals surface area contributed by atoms with E-state index in [9.17, 15) is 4.79 Å². The van der Waals surface area contributed by atoms with E-state index in [1.54, 1.807) is 25.3 Å². The Labute approximate surface area is 149 Å². The van der Waals surface area contributed by atoms with Gasteiger partial charge in [0, 0.05) is 19.4 Å². The fourth-order valence-corrected chi connectivity index (χ4v) is 1.82. The van der Waals surface area contributed by atoms with Crippen molar-refractivity contribution in [1.29, 1.82) is 5.26 Å².